The molecule has 0 bridgehead atoms. The summed E-state index contributed by atoms with van der Waals surface area (Å²) in [7, 11) is 0. The Bertz CT molecular complexity index is 419. The van der Waals surface area contributed by atoms with Crippen LogP contribution in [0.1, 0.15) is 31.9 Å². The predicted octanol–water partition coefficient (Wildman–Crippen LogP) is 4.17. The van der Waals surface area contributed by atoms with Crippen LogP contribution < -0.4 is 10.1 Å². The van der Waals surface area contributed by atoms with Gasteiger partial charge in [-0.1, -0.05) is 13.0 Å². The third kappa shape index (κ3) is 6.72. The van der Waals surface area contributed by atoms with Gasteiger partial charge in [0.1, 0.15) is 12.4 Å². The zero-order chi connectivity index (χ0) is 15.7. The van der Waals surface area contributed by atoms with Crippen LogP contribution >= 0.6 is 15.9 Å². The largest absolute Gasteiger partial charge is 0.493 e. The quantitative estimate of drug-likeness (QED) is 0.631. The Morgan fingerprint density at radius 2 is 2.05 bits per heavy atom. The molecule has 6 heteroatoms. The molecule has 0 radical (unpaired) electrons. The summed E-state index contributed by atoms with van der Waals surface area (Å²) in [4.78, 5) is 0. The molecular weight excluding hydrogens is 344 g/mol. The van der Waals surface area contributed by atoms with Crippen LogP contribution in [0.2, 0.25) is 0 Å². The minimum Gasteiger partial charge on any atom is -0.493 e. The molecule has 0 saturated carbocycles. The zero-order valence-corrected chi connectivity index (χ0v) is 14.0. The molecule has 0 fully saturated rings. The van der Waals surface area contributed by atoms with Gasteiger partial charge in [0.15, 0.2) is 0 Å². The van der Waals surface area contributed by atoms with Gasteiger partial charge in [-0.25, -0.2) is 8.78 Å². The van der Waals surface area contributed by atoms with Crippen molar-refractivity contribution in [3.8, 4) is 5.75 Å². The van der Waals surface area contributed by atoms with E-state index in [-0.39, 0.29) is 6.04 Å². The van der Waals surface area contributed by atoms with Crippen LogP contribution in [0, 0.1) is 0 Å². The fourth-order valence-electron chi connectivity index (χ4n) is 2.01. The second kappa shape index (κ2) is 10.1. The topological polar surface area (TPSA) is 30.5 Å². The van der Waals surface area contributed by atoms with Gasteiger partial charge in [-0.15, -0.1) is 0 Å². The van der Waals surface area contributed by atoms with Gasteiger partial charge in [0.25, 0.3) is 6.43 Å². The number of rotatable bonds is 10. The van der Waals surface area contributed by atoms with E-state index in [1.165, 1.54) is 0 Å². The van der Waals surface area contributed by atoms with E-state index < -0.39 is 13.0 Å². The zero-order valence-electron chi connectivity index (χ0n) is 12.4. The van der Waals surface area contributed by atoms with Crippen LogP contribution in [0.15, 0.2) is 22.7 Å². The van der Waals surface area contributed by atoms with Crippen LogP contribution in [-0.4, -0.2) is 32.8 Å². The first-order chi connectivity index (χ1) is 10.1. The maximum Gasteiger partial charge on any atom is 0.261 e. The highest BCUT2D eigenvalue weighted by atomic mass is 79.9. The molecule has 1 aromatic carbocycles. The number of alkyl halides is 2. The highest BCUT2D eigenvalue weighted by Crippen LogP contribution is 2.29. The van der Waals surface area contributed by atoms with Crippen LogP contribution in [0.25, 0.3) is 0 Å². The van der Waals surface area contributed by atoms with Crippen molar-refractivity contribution in [2.75, 3.05) is 26.4 Å². The van der Waals surface area contributed by atoms with E-state index in [1.807, 2.05) is 32.0 Å². The summed E-state index contributed by atoms with van der Waals surface area (Å²) in [6.07, 6.45) is -1.77. The van der Waals surface area contributed by atoms with Gasteiger partial charge in [-0.05, 0) is 53.5 Å². The van der Waals surface area contributed by atoms with Crippen molar-refractivity contribution in [1.29, 1.82) is 0 Å². The Hall–Kier alpha value is -0.720. The molecular formula is C15H22BrF2NO2. The lowest BCUT2D eigenvalue weighted by Gasteiger charge is -2.19. The third-order valence-corrected chi connectivity index (χ3v) is 3.52. The summed E-state index contributed by atoms with van der Waals surface area (Å²) in [5.41, 5.74) is 1.08. The summed E-state index contributed by atoms with van der Waals surface area (Å²) in [5.74, 6) is 0.797. The van der Waals surface area contributed by atoms with Crippen molar-refractivity contribution >= 4 is 15.9 Å². The maximum absolute atomic E-state index is 12.0. The fraction of sp³-hybridized carbons (Fsp3) is 0.600. The maximum atomic E-state index is 12.0. The standard InChI is InChI=1S/C15H22BrF2NO2/c1-3-19-13(7-8-20-10-15(17)18)11-5-6-14(21-4-2)12(16)9-11/h5-6,9,13,15,19H,3-4,7-8,10H2,1-2H3. The smallest absolute Gasteiger partial charge is 0.261 e. The minimum absolute atomic E-state index is 0.0691. The average molecular weight is 366 g/mol. The molecule has 0 aliphatic carbocycles. The van der Waals surface area contributed by atoms with Crippen molar-refractivity contribution in [2.24, 2.45) is 0 Å². The van der Waals surface area contributed by atoms with E-state index in [9.17, 15) is 8.78 Å². The Kier molecular flexibility index (Phi) is 8.80. The Morgan fingerprint density at radius 1 is 1.29 bits per heavy atom. The molecule has 21 heavy (non-hydrogen) atoms. The van der Waals surface area contributed by atoms with E-state index in [2.05, 4.69) is 21.2 Å². The average Bonchev–Trinajstić information content (AvgIpc) is 2.44. The molecule has 120 valence electrons. The van der Waals surface area contributed by atoms with E-state index in [4.69, 9.17) is 9.47 Å². The first-order valence-corrected chi connectivity index (χ1v) is 7.89. The second-order valence-electron chi connectivity index (χ2n) is 4.49. The SMILES string of the molecule is CCNC(CCOCC(F)F)c1ccc(OCC)c(Br)c1. The monoisotopic (exact) mass is 365 g/mol. The molecule has 1 atom stereocenters. The van der Waals surface area contributed by atoms with E-state index in [1.54, 1.807) is 0 Å². The fourth-order valence-corrected chi connectivity index (χ4v) is 2.52. The Balaban J connectivity index is 2.64. The van der Waals surface area contributed by atoms with Crippen LogP contribution in [0.4, 0.5) is 8.78 Å². The minimum atomic E-state index is -2.41. The molecule has 0 amide bonds. The summed E-state index contributed by atoms with van der Waals surface area (Å²) in [6, 6.07) is 5.95. The number of halogens is 3. The van der Waals surface area contributed by atoms with Crippen molar-refractivity contribution in [3.63, 3.8) is 0 Å². The molecule has 0 saturated heterocycles. The predicted molar refractivity (Wildman–Crippen MR) is 83.2 cm³/mol. The lowest BCUT2D eigenvalue weighted by atomic mass is 10.0. The number of hydrogen-bond acceptors (Lipinski definition) is 3. The van der Waals surface area contributed by atoms with Crippen molar-refractivity contribution in [2.45, 2.75) is 32.7 Å². The number of nitrogens with one attached hydrogen (secondary N) is 1. The van der Waals surface area contributed by atoms with Crippen LogP contribution in [-0.2, 0) is 4.74 Å². The van der Waals surface area contributed by atoms with E-state index in [0.29, 0.717) is 19.6 Å². The van der Waals surface area contributed by atoms with Gasteiger partial charge in [-0.2, -0.15) is 0 Å². The van der Waals surface area contributed by atoms with Gasteiger partial charge >= 0.3 is 0 Å². The third-order valence-electron chi connectivity index (χ3n) is 2.90. The Labute approximate surface area is 133 Å². The van der Waals surface area contributed by atoms with Gasteiger partial charge in [-0.3, -0.25) is 0 Å². The first kappa shape index (κ1) is 18.3. The lowest BCUT2D eigenvalue weighted by molar-refractivity contribution is 0.0144. The molecule has 0 spiro atoms. The molecule has 0 heterocycles. The highest BCUT2D eigenvalue weighted by Gasteiger charge is 2.13. The van der Waals surface area contributed by atoms with Crippen LogP contribution in [0.5, 0.6) is 5.75 Å². The summed E-state index contributed by atoms with van der Waals surface area (Å²) in [5, 5.41) is 3.34. The molecule has 3 nitrogen and oxygen atoms in total. The lowest BCUT2D eigenvalue weighted by Crippen LogP contribution is -2.23. The summed E-state index contributed by atoms with van der Waals surface area (Å²) < 4.78 is 35.4. The molecule has 0 aliphatic heterocycles. The number of hydrogen-bond donors (Lipinski definition) is 1. The molecule has 1 unspecified atom stereocenters. The van der Waals surface area contributed by atoms with Crippen LogP contribution in [0.3, 0.4) is 0 Å². The highest BCUT2D eigenvalue weighted by molar-refractivity contribution is 9.10. The molecule has 0 aliphatic rings. The van der Waals surface area contributed by atoms with Gasteiger partial charge in [0.05, 0.1) is 11.1 Å². The van der Waals surface area contributed by atoms with Gasteiger partial charge in [0.2, 0.25) is 0 Å². The van der Waals surface area contributed by atoms with E-state index >= 15 is 0 Å². The number of ether oxygens (including phenoxy) is 2. The molecule has 1 rings (SSSR count). The number of benzene rings is 1. The first-order valence-electron chi connectivity index (χ1n) is 7.10. The van der Waals surface area contributed by atoms with Gasteiger partial charge in [0, 0.05) is 12.6 Å². The van der Waals surface area contributed by atoms with Crippen molar-refractivity contribution in [1.82, 2.24) is 5.32 Å². The van der Waals surface area contributed by atoms with Crippen molar-refractivity contribution < 1.29 is 18.3 Å². The van der Waals surface area contributed by atoms with E-state index in [0.717, 1.165) is 22.3 Å². The summed E-state index contributed by atoms with van der Waals surface area (Å²) >= 11 is 3.49. The van der Waals surface area contributed by atoms with Gasteiger partial charge < -0.3 is 14.8 Å². The second-order valence-corrected chi connectivity index (χ2v) is 5.34. The Morgan fingerprint density at radius 3 is 2.62 bits per heavy atom. The molecule has 1 aromatic rings. The molecule has 1 N–H and O–H groups in total. The molecule has 0 aromatic heterocycles. The summed E-state index contributed by atoms with van der Waals surface area (Å²) in [6.45, 7) is 5.14. The van der Waals surface area contributed by atoms with Crippen molar-refractivity contribution in [3.05, 3.63) is 28.2 Å². The normalized spacial score (nSPS) is 12.7.